The van der Waals surface area contributed by atoms with Crippen LogP contribution in [0.2, 0.25) is 5.02 Å². The molecule has 6 aromatic rings. The number of nitrogens with zero attached hydrogens (tertiary/aromatic N) is 2. The molecule has 0 atom stereocenters. The first-order chi connectivity index (χ1) is 27.9. The second kappa shape index (κ2) is 18.3. The van der Waals surface area contributed by atoms with E-state index in [4.69, 9.17) is 16.3 Å². The Kier molecular flexibility index (Phi) is 13.5. The summed E-state index contributed by atoms with van der Waals surface area (Å²) in [5.41, 5.74) is -0.817. The van der Waals surface area contributed by atoms with Gasteiger partial charge in [-0.05, 0) is 109 Å². The van der Waals surface area contributed by atoms with Crippen LogP contribution < -0.4 is 26.5 Å². The maximum Gasteiger partial charge on any atom is 0.416 e. The molecular weight excluding hydrogens is 802 g/mol. The van der Waals surface area contributed by atoms with Gasteiger partial charge in [0.25, 0.3) is 22.9 Å². The average Bonchev–Trinajstić information content (AvgIpc) is 3.20. The number of benzene rings is 4. The summed E-state index contributed by atoms with van der Waals surface area (Å²) in [6.45, 7) is 3.54. The molecular formula is C43H35ClF6N4O5. The molecule has 4 aromatic carbocycles. The third-order valence-corrected chi connectivity index (χ3v) is 9.21. The molecule has 2 aromatic heterocycles. The highest BCUT2D eigenvalue weighted by molar-refractivity contribution is 6.30. The lowest BCUT2D eigenvalue weighted by Gasteiger charge is -2.14. The van der Waals surface area contributed by atoms with Gasteiger partial charge in [-0.1, -0.05) is 48.0 Å². The standard InChI is InChI=1S/C22H19F3N2O3.C21H16ClF3N2O2/c1-14-5-8-16(22(23,24)25)12-19(14)27-11-3-4-18(21(27)29)20(28)26-13-15-6-9-17(30-2)10-7-15;1-13-4-7-15(21(23,24)25)11-18(13)27-10-2-3-17(20(27)29)19(28)26-12-14-5-8-16(22)9-6-14/h3-12H,13H2,1-2H3,(H,26,28);2-11H,12H2,1H3,(H,26,28). The Labute approximate surface area is 338 Å². The summed E-state index contributed by atoms with van der Waals surface area (Å²) in [6, 6.07) is 25.7. The molecule has 306 valence electrons. The molecule has 0 unspecified atom stereocenters. The van der Waals surface area contributed by atoms with Crippen molar-refractivity contribution in [2.45, 2.75) is 39.3 Å². The Morgan fingerprint density at radius 2 is 1.00 bits per heavy atom. The van der Waals surface area contributed by atoms with Gasteiger partial charge >= 0.3 is 12.4 Å². The van der Waals surface area contributed by atoms with E-state index in [-0.39, 0.29) is 35.6 Å². The molecule has 0 saturated carbocycles. The van der Waals surface area contributed by atoms with E-state index in [1.54, 1.807) is 69.5 Å². The molecule has 2 N–H and O–H groups in total. The lowest BCUT2D eigenvalue weighted by Crippen LogP contribution is -2.32. The Balaban J connectivity index is 0.000000224. The Hall–Kier alpha value is -6.61. The van der Waals surface area contributed by atoms with E-state index in [1.165, 1.54) is 48.8 Å². The van der Waals surface area contributed by atoms with Gasteiger partial charge in [0.2, 0.25) is 0 Å². The van der Waals surface area contributed by atoms with Gasteiger partial charge in [0.1, 0.15) is 16.9 Å². The number of amides is 2. The minimum absolute atomic E-state index is 0.0668. The van der Waals surface area contributed by atoms with Crippen LogP contribution in [0.1, 0.15) is 54.1 Å². The minimum atomic E-state index is -4.54. The summed E-state index contributed by atoms with van der Waals surface area (Å²) in [5, 5.41) is 5.84. The normalized spacial score (nSPS) is 11.3. The molecule has 0 aliphatic carbocycles. The van der Waals surface area contributed by atoms with Gasteiger partial charge in [-0.25, -0.2) is 0 Å². The first-order valence-electron chi connectivity index (χ1n) is 17.6. The van der Waals surface area contributed by atoms with Gasteiger partial charge < -0.3 is 15.4 Å². The van der Waals surface area contributed by atoms with E-state index < -0.39 is 46.4 Å². The van der Waals surface area contributed by atoms with Crippen LogP contribution >= 0.6 is 11.6 Å². The molecule has 6 rings (SSSR count). The second-order valence-corrected chi connectivity index (χ2v) is 13.5. The first kappa shape index (κ1) is 43.5. The number of aromatic nitrogens is 2. The number of rotatable bonds is 9. The molecule has 16 heteroatoms. The quantitative estimate of drug-likeness (QED) is 0.142. The van der Waals surface area contributed by atoms with Crippen molar-refractivity contribution in [3.8, 4) is 17.1 Å². The van der Waals surface area contributed by atoms with Crippen LogP contribution in [0.3, 0.4) is 0 Å². The summed E-state index contributed by atoms with van der Waals surface area (Å²) in [6.07, 6.45) is -6.41. The van der Waals surface area contributed by atoms with Crippen molar-refractivity contribution < 1.29 is 40.7 Å². The maximum atomic E-state index is 13.1. The number of halogens is 7. The highest BCUT2D eigenvalue weighted by Crippen LogP contribution is 2.32. The van der Waals surface area contributed by atoms with Gasteiger partial charge in [0, 0.05) is 30.5 Å². The fraction of sp³-hybridized carbons (Fsp3) is 0.163. The predicted molar refractivity (Wildman–Crippen MR) is 210 cm³/mol. The van der Waals surface area contributed by atoms with Crippen molar-refractivity contribution in [2.24, 2.45) is 0 Å². The van der Waals surface area contributed by atoms with Crippen LogP contribution in [0.4, 0.5) is 26.3 Å². The summed E-state index contributed by atoms with van der Waals surface area (Å²) in [4.78, 5) is 50.6. The predicted octanol–water partition coefficient (Wildman–Crippen LogP) is 8.85. The van der Waals surface area contributed by atoms with Gasteiger partial charge in [-0.2, -0.15) is 26.3 Å². The number of methoxy groups -OCH3 is 1. The van der Waals surface area contributed by atoms with E-state index in [1.807, 2.05) is 0 Å². The Morgan fingerprint density at radius 3 is 1.37 bits per heavy atom. The third-order valence-electron chi connectivity index (χ3n) is 8.95. The van der Waals surface area contributed by atoms with Crippen molar-refractivity contribution in [1.82, 2.24) is 19.8 Å². The number of hydrogen-bond donors (Lipinski definition) is 2. The molecule has 0 aliphatic heterocycles. The smallest absolute Gasteiger partial charge is 0.416 e. The van der Waals surface area contributed by atoms with Crippen LogP contribution in [0.15, 0.2) is 131 Å². The number of carbonyl (C=O) groups is 2. The molecule has 0 aliphatic rings. The molecule has 0 bridgehead atoms. The number of nitrogens with one attached hydrogen (secondary N) is 2. The topological polar surface area (TPSA) is 111 Å². The van der Waals surface area contributed by atoms with Crippen LogP contribution in [-0.4, -0.2) is 28.1 Å². The van der Waals surface area contributed by atoms with Crippen molar-refractivity contribution in [3.05, 3.63) is 192 Å². The molecule has 2 amide bonds. The zero-order valence-electron chi connectivity index (χ0n) is 31.5. The highest BCUT2D eigenvalue weighted by Gasteiger charge is 2.32. The van der Waals surface area contributed by atoms with E-state index in [2.05, 4.69) is 10.6 Å². The molecule has 0 saturated heterocycles. The van der Waals surface area contributed by atoms with E-state index in [9.17, 15) is 45.5 Å². The summed E-state index contributed by atoms with van der Waals surface area (Å²) in [7, 11) is 1.54. The van der Waals surface area contributed by atoms with Crippen molar-refractivity contribution in [3.63, 3.8) is 0 Å². The molecule has 2 heterocycles. The van der Waals surface area contributed by atoms with Crippen LogP contribution in [-0.2, 0) is 25.4 Å². The molecule has 9 nitrogen and oxygen atoms in total. The fourth-order valence-corrected chi connectivity index (χ4v) is 5.83. The van der Waals surface area contributed by atoms with Crippen LogP contribution in [0, 0.1) is 13.8 Å². The lowest BCUT2D eigenvalue weighted by molar-refractivity contribution is -0.138. The number of carbonyl (C=O) groups excluding carboxylic acids is 2. The van der Waals surface area contributed by atoms with Gasteiger partial charge in [0.15, 0.2) is 0 Å². The number of pyridine rings is 2. The van der Waals surface area contributed by atoms with Crippen molar-refractivity contribution >= 4 is 23.4 Å². The van der Waals surface area contributed by atoms with Crippen LogP contribution in [0.25, 0.3) is 11.4 Å². The third kappa shape index (κ3) is 10.9. The van der Waals surface area contributed by atoms with Crippen molar-refractivity contribution in [2.75, 3.05) is 7.11 Å². The van der Waals surface area contributed by atoms with Gasteiger partial charge in [0.05, 0.1) is 29.6 Å². The number of hydrogen-bond acceptors (Lipinski definition) is 5. The number of alkyl halides is 6. The van der Waals surface area contributed by atoms with E-state index in [0.29, 0.717) is 21.9 Å². The van der Waals surface area contributed by atoms with E-state index in [0.717, 1.165) is 44.5 Å². The monoisotopic (exact) mass is 836 g/mol. The minimum Gasteiger partial charge on any atom is -0.497 e. The zero-order chi connectivity index (χ0) is 43.1. The molecule has 59 heavy (non-hydrogen) atoms. The van der Waals surface area contributed by atoms with Crippen molar-refractivity contribution in [1.29, 1.82) is 0 Å². The molecule has 0 spiro atoms. The summed E-state index contributed by atoms with van der Waals surface area (Å²) in [5.74, 6) is -0.564. The second-order valence-electron chi connectivity index (χ2n) is 13.0. The SMILES string of the molecule is COc1ccc(CNC(=O)c2cccn(-c3cc(C(F)(F)F)ccc3C)c2=O)cc1.Cc1ccc(C(F)(F)F)cc1-n1cccc(C(=O)NCc2ccc(Cl)cc2)c1=O. The lowest BCUT2D eigenvalue weighted by atomic mass is 10.1. The molecule has 0 fully saturated rings. The average molecular weight is 837 g/mol. The van der Waals surface area contributed by atoms with Crippen LogP contribution in [0.5, 0.6) is 5.75 Å². The maximum absolute atomic E-state index is 13.1. The van der Waals surface area contributed by atoms with Gasteiger partial charge in [-0.3, -0.25) is 28.3 Å². The Bertz CT molecular complexity index is 2590. The van der Waals surface area contributed by atoms with E-state index >= 15 is 0 Å². The number of ether oxygens (including phenoxy) is 1. The number of aryl methyl sites for hydroxylation is 2. The summed E-state index contributed by atoms with van der Waals surface area (Å²) >= 11 is 5.82. The largest absolute Gasteiger partial charge is 0.497 e. The zero-order valence-corrected chi connectivity index (χ0v) is 32.3. The van der Waals surface area contributed by atoms with Gasteiger partial charge in [-0.15, -0.1) is 0 Å². The summed E-state index contributed by atoms with van der Waals surface area (Å²) < 4.78 is 85.5. The fourth-order valence-electron chi connectivity index (χ4n) is 5.70. The Morgan fingerprint density at radius 1 is 0.610 bits per heavy atom. The molecule has 0 radical (unpaired) electrons. The highest BCUT2D eigenvalue weighted by atomic mass is 35.5. The first-order valence-corrected chi connectivity index (χ1v) is 18.0.